The first-order valence-electron chi connectivity index (χ1n) is 6.21. The SMILES string of the molecule is Cc1nc(C2CCC2)sc1CCC(C)(C)N. The lowest BCUT2D eigenvalue weighted by atomic mass is 9.86. The fourth-order valence-corrected chi connectivity index (χ4v) is 3.18. The van der Waals surface area contributed by atoms with Crippen LogP contribution in [0.1, 0.15) is 61.0 Å². The van der Waals surface area contributed by atoms with E-state index in [4.69, 9.17) is 10.7 Å². The van der Waals surface area contributed by atoms with Crippen molar-refractivity contribution in [3.8, 4) is 0 Å². The summed E-state index contributed by atoms with van der Waals surface area (Å²) < 4.78 is 0. The first-order chi connectivity index (χ1) is 7.46. The van der Waals surface area contributed by atoms with Crippen molar-refractivity contribution in [1.82, 2.24) is 4.98 Å². The van der Waals surface area contributed by atoms with Gasteiger partial charge in [-0.3, -0.25) is 0 Å². The molecule has 1 aromatic heterocycles. The summed E-state index contributed by atoms with van der Waals surface area (Å²) in [5.74, 6) is 0.767. The summed E-state index contributed by atoms with van der Waals surface area (Å²) in [4.78, 5) is 6.16. The number of rotatable bonds is 4. The van der Waals surface area contributed by atoms with Crippen molar-refractivity contribution in [2.24, 2.45) is 5.73 Å². The molecular formula is C13H22N2S. The van der Waals surface area contributed by atoms with Gasteiger partial charge in [0.15, 0.2) is 0 Å². The zero-order chi connectivity index (χ0) is 11.8. The molecule has 3 heteroatoms. The quantitative estimate of drug-likeness (QED) is 0.873. The van der Waals surface area contributed by atoms with E-state index in [1.54, 1.807) is 0 Å². The van der Waals surface area contributed by atoms with Gasteiger partial charge in [-0.25, -0.2) is 4.98 Å². The van der Waals surface area contributed by atoms with Crippen LogP contribution in [-0.4, -0.2) is 10.5 Å². The van der Waals surface area contributed by atoms with Crippen molar-refractivity contribution in [1.29, 1.82) is 0 Å². The second kappa shape index (κ2) is 4.46. The van der Waals surface area contributed by atoms with Crippen LogP contribution in [0.15, 0.2) is 0 Å². The molecule has 1 fully saturated rings. The van der Waals surface area contributed by atoms with E-state index < -0.39 is 0 Å². The van der Waals surface area contributed by atoms with Crippen molar-refractivity contribution >= 4 is 11.3 Å². The molecule has 0 unspecified atom stereocenters. The zero-order valence-corrected chi connectivity index (χ0v) is 11.4. The molecule has 0 bridgehead atoms. The molecule has 1 aliphatic rings. The third-order valence-electron chi connectivity index (χ3n) is 3.36. The first-order valence-corrected chi connectivity index (χ1v) is 7.02. The van der Waals surface area contributed by atoms with Crippen molar-refractivity contribution in [2.75, 3.05) is 0 Å². The van der Waals surface area contributed by atoms with Crippen LogP contribution in [0.2, 0.25) is 0 Å². The van der Waals surface area contributed by atoms with Gasteiger partial charge < -0.3 is 5.73 Å². The summed E-state index contributed by atoms with van der Waals surface area (Å²) in [7, 11) is 0. The van der Waals surface area contributed by atoms with Gasteiger partial charge in [0, 0.05) is 16.3 Å². The third kappa shape index (κ3) is 2.83. The Morgan fingerprint density at radius 1 is 1.44 bits per heavy atom. The van der Waals surface area contributed by atoms with Crippen LogP contribution < -0.4 is 5.73 Å². The maximum Gasteiger partial charge on any atom is 0.0961 e. The predicted molar refractivity (Wildman–Crippen MR) is 70.0 cm³/mol. The van der Waals surface area contributed by atoms with Crippen LogP contribution in [0, 0.1) is 6.92 Å². The first kappa shape index (κ1) is 12.1. The monoisotopic (exact) mass is 238 g/mol. The summed E-state index contributed by atoms with van der Waals surface area (Å²) >= 11 is 1.92. The predicted octanol–water partition coefficient (Wildman–Crippen LogP) is 3.39. The van der Waals surface area contributed by atoms with Crippen molar-refractivity contribution in [2.45, 2.75) is 64.3 Å². The maximum absolute atomic E-state index is 6.02. The largest absolute Gasteiger partial charge is 0.326 e. The van der Waals surface area contributed by atoms with Crippen molar-refractivity contribution < 1.29 is 0 Å². The molecule has 0 saturated heterocycles. The summed E-state index contributed by atoms with van der Waals surface area (Å²) in [5.41, 5.74) is 7.19. The van der Waals surface area contributed by atoms with Gasteiger partial charge in [0.05, 0.1) is 10.7 Å². The van der Waals surface area contributed by atoms with Gasteiger partial charge in [-0.1, -0.05) is 6.42 Å². The normalized spacial score (nSPS) is 17.5. The number of nitrogens with zero attached hydrogens (tertiary/aromatic N) is 1. The van der Waals surface area contributed by atoms with Crippen LogP contribution in [0.25, 0.3) is 0 Å². The second-order valence-electron chi connectivity index (χ2n) is 5.68. The number of nitrogens with two attached hydrogens (primary N) is 1. The van der Waals surface area contributed by atoms with Crippen molar-refractivity contribution in [3.63, 3.8) is 0 Å². The van der Waals surface area contributed by atoms with Gasteiger partial charge >= 0.3 is 0 Å². The van der Waals surface area contributed by atoms with Crippen molar-refractivity contribution in [3.05, 3.63) is 15.6 Å². The lowest BCUT2D eigenvalue weighted by Crippen LogP contribution is -2.32. The molecule has 0 aromatic carbocycles. The maximum atomic E-state index is 6.02. The molecule has 2 nitrogen and oxygen atoms in total. The summed E-state index contributed by atoms with van der Waals surface area (Å²) in [6.45, 7) is 6.32. The molecule has 1 saturated carbocycles. The van der Waals surface area contributed by atoms with Crippen LogP contribution in [0.5, 0.6) is 0 Å². The Bertz CT molecular complexity index is 358. The molecule has 0 amide bonds. The molecule has 0 atom stereocenters. The molecule has 0 spiro atoms. The molecular weight excluding hydrogens is 216 g/mol. The Morgan fingerprint density at radius 2 is 2.12 bits per heavy atom. The number of aromatic nitrogens is 1. The van der Waals surface area contributed by atoms with Crippen LogP contribution >= 0.6 is 11.3 Å². The smallest absolute Gasteiger partial charge is 0.0961 e. The van der Waals surface area contributed by atoms with Gasteiger partial charge in [-0.2, -0.15) is 0 Å². The van der Waals surface area contributed by atoms with E-state index >= 15 is 0 Å². The minimum Gasteiger partial charge on any atom is -0.326 e. The summed E-state index contributed by atoms with van der Waals surface area (Å²) in [6.07, 6.45) is 6.19. The fourth-order valence-electron chi connectivity index (χ4n) is 1.95. The highest BCUT2D eigenvalue weighted by Gasteiger charge is 2.24. The molecule has 0 radical (unpaired) electrons. The zero-order valence-electron chi connectivity index (χ0n) is 10.5. The van der Waals surface area contributed by atoms with Gasteiger partial charge in [-0.05, 0) is 46.5 Å². The number of thiazole rings is 1. The van der Waals surface area contributed by atoms with E-state index in [0.717, 1.165) is 18.8 Å². The van der Waals surface area contributed by atoms with Crippen LogP contribution in [-0.2, 0) is 6.42 Å². The molecule has 2 N–H and O–H groups in total. The van der Waals surface area contributed by atoms with E-state index in [-0.39, 0.29) is 5.54 Å². The second-order valence-corrected chi connectivity index (χ2v) is 6.79. The number of hydrogen-bond acceptors (Lipinski definition) is 3. The van der Waals surface area contributed by atoms with E-state index in [9.17, 15) is 0 Å². The minimum atomic E-state index is -0.0624. The lowest BCUT2D eigenvalue weighted by Gasteiger charge is -2.22. The molecule has 90 valence electrons. The molecule has 1 aliphatic carbocycles. The molecule has 1 aromatic rings. The topological polar surface area (TPSA) is 38.9 Å². The van der Waals surface area contributed by atoms with Gasteiger partial charge in [0.1, 0.15) is 0 Å². The van der Waals surface area contributed by atoms with E-state index in [0.29, 0.717) is 0 Å². The van der Waals surface area contributed by atoms with Crippen LogP contribution in [0.3, 0.4) is 0 Å². The highest BCUT2D eigenvalue weighted by atomic mass is 32.1. The number of aryl methyl sites for hydroxylation is 2. The van der Waals surface area contributed by atoms with E-state index in [2.05, 4.69) is 20.8 Å². The highest BCUT2D eigenvalue weighted by molar-refractivity contribution is 7.11. The Balaban J connectivity index is 2.01. The Morgan fingerprint density at radius 3 is 2.62 bits per heavy atom. The molecule has 16 heavy (non-hydrogen) atoms. The molecule has 1 heterocycles. The average Bonchev–Trinajstić information content (AvgIpc) is 2.39. The molecule has 0 aliphatic heterocycles. The average molecular weight is 238 g/mol. The van der Waals surface area contributed by atoms with Gasteiger partial charge in [0.2, 0.25) is 0 Å². The summed E-state index contributed by atoms with van der Waals surface area (Å²) in [6, 6.07) is 0. The Labute approximate surface area is 102 Å². The van der Waals surface area contributed by atoms with E-state index in [1.807, 2.05) is 11.3 Å². The lowest BCUT2D eigenvalue weighted by molar-refractivity contribution is 0.418. The summed E-state index contributed by atoms with van der Waals surface area (Å²) in [5, 5.41) is 1.37. The highest BCUT2D eigenvalue weighted by Crippen LogP contribution is 2.39. The molecule has 2 rings (SSSR count). The van der Waals surface area contributed by atoms with Gasteiger partial charge in [0.25, 0.3) is 0 Å². The van der Waals surface area contributed by atoms with E-state index in [1.165, 1.54) is 34.8 Å². The Hall–Kier alpha value is -0.410. The van der Waals surface area contributed by atoms with Gasteiger partial charge in [-0.15, -0.1) is 11.3 Å². The van der Waals surface area contributed by atoms with Crippen LogP contribution in [0.4, 0.5) is 0 Å². The number of hydrogen-bond donors (Lipinski definition) is 1. The third-order valence-corrected chi connectivity index (χ3v) is 4.74. The minimum absolute atomic E-state index is 0.0624. The Kier molecular flexibility index (Phi) is 3.36. The fraction of sp³-hybridized carbons (Fsp3) is 0.769. The standard InChI is InChI=1S/C13H22N2S/c1-9-11(7-8-13(2,3)14)16-12(15-9)10-5-4-6-10/h10H,4-8,14H2,1-3H3.